The van der Waals surface area contributed by atoms with Gasteiger partial charge in [0.25, 0.3) is 11.8 Å². The van der Waals surface area contributed by atoms with Gasteiger partial charge < -0.3 is 9.90 Å². The first-order valence-electron chi connectivity index (χ1n) is 7.50. The summed E-state index contributed by atoms with van der Waals surface area (Å²) in [5.41, 5.74) is 2.14. The number of amides is 2. The Balaban J connectivity index is 2.08. The first-order valence-corrected chi connectivity index (χ1v) is 7.50. The van der Waals surface area contributed by atoms with Crippen LogP contribution in [0.25, 0.3) is 11.6 Å². The van der Waals surface area contributed by atoms with E-state index in [-0.39, 0.29) is 6.54 Å². The standard InChI is InChI=1S/C19H15NO4/c21-17(22)10-11-20-18(23)15-9-5-4-8-14(15)16(19(20)24)12-13-6-2-1-3-7-13/h1-9,12H,10-11H2,(H,21,22)/p-1/b16-12-. The zero-order valence-electron chi connectivity index (χ0n) is 12.8. The number of carboxylic acids is 1. The summed E-state index contributed by atoms with van der Waals surface area (Å²) in [4.78, 5) is 36.9. The third kappa shape index (κ3) is 2.96. The van der Waals surface area contributed by atoms with E-state index in [9.17, 15) is 19.5 Å². The van der Waals surface area contributed by atoms with Crippen molar-refractivity contribution >= 4 is 29.4 Å². The van der Waals surface area contributed by atoms with Crippen molar-refractivity contribution in [2.45, 2.75) is 6.42 Å². The maximum absolute atomic E-state index is 12.7. The fraction of sp³-hybridized carbons (Fsp3) is 0.105. The molecule has 5 heteroatoms. The van der Waals surface area contributed by atoms with Crippen LogP contribution in [0.4, 0.5) is 0 Å². The summed E-state index contributed by atoms with van der Waals surface area (Å²) in [7, 11) is 0. The SMILES string of the molecule is O=C([O-])CCN1C(=O)/C(=C\c2ccccc2)c2ccccc2C1=O. The summed E-state index contributed by atoms with van der Waals surface area (Å²) in [6, 6.07) is 16.1. The van der Waals surface area contributed by atoms with Gasteiger partial charge in [-0.15, -0.1) is 0 Å². The number of aliphatic carboxylic acids is 1. The molecule has 1 aliphatic rings. The number of fused-ring (bicyclic) bond motifs is 1. The Hall–Kier alpha value is -3.21. The molecule has 0 aromatic heterocycles. The molecule has 0 bridgehead atoms. The van der Waals surface area contributed by atoms with Gasteiger partial charge in [-0.3, -0.25) is 14.5 Å². The molecule has 0 unspecified atom stereocenters. The fourth-order valence-corrected chi connectivity index (χ4v) is 2.66. The minimum absolute atomic E-state index is 0.208. The van der Waals surface area contributed by atoms with E-state index in [1.165, 1.54) is 0 Å². The zero-order chi connectivity index (χ0) is 17.1. The molecule has 1 heterocycles. The lowest BCUT2D eigenvalue weighted by molar-refractivity contribution is -0.305. The van der Waals surface area contributed by atoms with E-state index in [2.05, 4.69) is 0 Å². The van der Waals surface area contributed by atoms with Crippen LogP contribution in [0.1, 0.15) is 27.9 Å². The predicted molar refractivity (Wildman–Crippen MR) is 86.4 cm³/mol. The molecule has 0 aliphatic carbocycles. The molecule has 0 spiro atoms. The van der Waals surface area contributed by atoms with Crippen molar-refractivity contribution < 1.29 is 19.5 Å². The van der Waals surface area contributed by atoms with Crippen LogP contribution in [-0.2, 0) is 9.59 Å². The summed E-state index contributed by atoms with van der Waals surface area (Å²) in [6.07, 6.45) is 1.32. The first kappa shape index (κ1) is 15.7. The normalized spacial score (nSPS) is 15.5. The van der Waals surface area contributed by atoms with Gasteiger partial charge in [-0.2, -0.15) is 0 Å². The number of benzene rings is 2. The second-order valence-corrected chi connectivity index (χ2v) is 5.40. The van der Waals surface area contributed by atoms with Gasteiger partial charge in [-0.25, -0.2) is 0 Å². The first-order chi connectivity index (χ1) is 11.6. The Morgan fingerprint density at radius 1 is 0.917 bits per heavy atom. The van der Waals surface area contributed by atoms with Gasteiger partial charge in [0, 0.05) is 30.1 Å². The lowest BCUT2D eigenvalue weighted by Gasteiger charge is -2.28. The van der Waals surface area contributed by atoms with Crippen LogP contribution < -0.4 is 5.11 Å². The molecule has 2 amide bonds. The van der Waals surface area contributed by atoms with Gasteiger partial charge in [0.15, 0.2) is 0 Å². The van der Waals surface area contributed by atoms with Crippen molar-refractivity contribution in [2.24, 2.45) is 0 Å². The molecule has 120 valence electrons. The monoisotopic (exact) mass is 320 g/mol. The lowest BCUT2D eigenvalue weighted by atomic mass is 9.92. The van der Waals surface area contributed by atoms with Crippen LogP contribution in [0.15, 0.2) is 54.6 Å². The van der Waals surface area contributed by atoms with Crippen LogP contribution in [0.5, 0.6) is 0 Å². The van der Waals surface area contributed by atoms with Gasteiger partial charge in [0.1, 0.15) is 0 Å². The van der Waals surface area contributed by atoms with Gasteiger partial charge in [-0.05, 0) is 23.3 Å². The molecule has 1 aliphatic heterocycles. The van der Waals surface area contributed by atoms with Crippen molar-refractivity contribution in [1.82, 2.24) is 4.90 Å². The van der Waals surface area contributed by atoms with Crippen LogP contribution in [0, 0.1) is 0 Å². The molecule has 0 atom stereocenters. The second kappa shape index (κ2) is 6.50. The highest BCUT2D eigenvalue weighted by Crippen LogP contribution is 2.30. The van der Waals surface area contributed by atoms with E-state index < -0.39 is 24.2 Å². The number of rotatable bonds is 4. The van der Waals surface area contributed by atoms with E-state index in [1.54, 1.807) is 30.3 Å². The molecular formula is C19H14NO4-. The summed E-state index contributed by atoms with van der Waals surface area (Å²) >= 11 is 0. The highest BCUT2D eigenvalue weighted by Gasteiger charge is 2.34. The van der Waals surface area contributed by atoms with Crippen LogP contribution >= 0.6 is 0 Å². The molecule has 0 radical (unpaired) electrons. The van der Waals surface area contributed by atoms with E-state index >= 15 is 0 Å². The average Bonchev–Trinajstić information content (AvgIpc) is 2.59. The Bertz CT molecular complexity index is 839. The largest absolute Gasteiger partial charge is 0.550 e. The Labute approximate surface area is 138 Å². The van der Waals surface area contributed by atoms with Gasteiger partial charge in [-0.1, -0.05) is 48.5 Å². The van der Waals surface area contributed by atoms with E-state index in [0.29, 0.717) is 16.7 Å². The summed E-state index contributed by atoms with van der Waals surface area (Å²) in [5, 5.41) is 10.7. The number of nitrogens with zero attached hydrogens (tertiary/aromatic N) is 1. The Morgan fingerprint density at radius 2 is 1.54 bits per heavy atom. The number of hydrogen-bond donors (Lipinski definition) is 0. The average molecular weight is 320 g/mol. The number of carboxylic acid groups (broad SMARTS) is 1. The minimum atomic E-state index is -1.30. The van der Waals surface area contributed by atoms with E-state index in [1.807, 2.05) is 30.3 Å². The Kier molecular flexibility index (Phi) is 4.24. The third-order valence-corrected chi connectivity index (χ3v) is 3.82. The van der Waals surface area contributed by atoms with Gasteiger partial charge in [0.05, 0.1) is 0 Å². The zero-order valence-corrected chi connectivity index (χ0v) is 12.8. The van der Waals surface area contributed by atoms with Crippen LogP contribution in [0.3, 0.4) is 0 Å². The van der Waals surface area contributed by atoms with Crippen LogP contribution in [0.2, 0.25) is 0 Å². The molecule has 0 N–H and O–H groups in total. The highest BCUT2D eigenvalue weighted by molar-refractivity contribution is 6.33. The van der Waals surface area contributed by atoms with E-state index in [4.69, 9.17) is 0 Å². The van der Waals surface area contributed by atoms with E-state index in [0.717, 1.165) is 10.5 Å². The van der Waals surface area contributed by atoms with Crippen LogP contribution in [-0.4, -0.2) is 29.2 Å². The fourth-order valence-electron chi connectivity index (χ4n) is 2.66. The topological polar surface area (TPSA) is 77.5 Å². The number of imide groups is 1. The van der Waals surface area contributed by atoms with Crippen molar-refractivity contribution in [3.05, 3.63) is 71.3 Å². The molecule has 0 saturated carbocycles. The minimum Gasteiger partial charge on any atom is -0.550 e. The molecular weight excluding hydrogens is 306 g/mol. The molecule has 2 aromatic rings. The smallest absolute Gasteiger partial charge is 0.261 e. The number of carbonyl (C=O) groups excluding carboxylic acids is 3. The highest BCUT2D eigenvalue weighted by atomic mass is 16.4. The number of carbonyl (C=O) groups is 3. The van der Waals surface area contributed by atoms with Crippen molar-refractivity contribution in [3.8, 4) is 0 Å². The molecule has 2 aromatic carbocycles. The third-order valence-electron chi connectivity index (χ3n) is 3.82. The molecule has 0 fully saturated rings. The quantitative estimate of drug-likeness (QED) is 0.629. The molecule has 3 rings (SSSR count). The summed E-state index contributed by atoms with van der Waals surface area (Å²) in [6.45, 7) is -0.208. The van der Waals surface area contributed by atoms with Crippen molar-refractivity contribution in [2.75, 3.05) is 6.54 Å². The molecule has 0 saturated heterocycles. The number of hydrogen-bond acceptors (Lipinski definition) is 4. The van der Waals surface area contributed by atoms with Crippen molar-refractivity contribution in [1.29, 1.82) is 0 Å². The maximum Gasteiger partial charge on any atom is 0.261 e. The summed E-state index contributed by atoms with van der Waals surface area (Å²) < 4.78 is 0. The van der Waals surface area contributed by atoms with Crippen molar-refractivity contribution in [3.63, 3.8) is 0 Å². The molecule has 24 heavy (non-hydrogen) atoms. The van der Waals surface area contributed by atoms with Gasteiger partial charge in [0.2, 0.25) is 0 Å². The summed E-state index contributed by atoms with van der Waals surface area (Å²) in [5.74, 6) is -2.28. The predicted octanol–water partition coefficient (Wildman–Crippen LogP) is 1.35. The Morgan fingerprint density at radius 3 is 2.21 bits per heavy atom. The van der Waals surface area contributed by atoms with Gasteiger partial charge >= 0.3 is 0 Å². The lowest BCUT2D eigenvalue weighted by Crippen LogP contribution is -2.43. The molecule has 5 nitrogen and oxygen atoms in total. The second-order valence-electron chi connectivity index (χ2n) is 5.40. The maximum atomic E-state index is 12.7.